The number of fused-ring (bicyclic) bond motifs is 1. The Balaban J connectivity index is 2.02. The van der Waals surface area contributed by atoms with Crippen LogP contribution in [0.5, 0.6) is 0 Å². The van der Waals surface area contributed by atoms with E-state index < -0.39 is 0 Å². The second-order valence-electron chi connectivity index (χ2n) is 4.85. The quantitative estimate of drug-likeness (QED) is 0.801. The number of carbonyl (C=O) groups is 1. The maximum atomic E-state index is 11.3. The number of aromatic nitrogens is 1. The van der Waals surface area contributed by atoms with E-state index >= 15 is 0 Å². The number of hydrogen-bond donors (Lipinski definition) is 1. The normalized spacial score (nSPS) is 10.8. The number of hydrogen-bond acceptors (Lipinski definition) is 3. The summed E-state index contributed by atoms with van der Waals surface area (Å²) in [6.07, 6.45) is 4.45. The minimum absolute atomic E-state index is 0.382. The predicted molar refractivity (Wildman–Crippen MR) is 82.1 cm³/mol. The van der Waals surface area contributed by atoms with Crippen LogP contribution >= 0.6 is 11.3 Å². The molecule has 3 aromatic rings. The molecule has 0 aliphatic rings. The van der Waals surface area contributed by atoms with Crippen LogP contribution in [-0.4, -0.2) is 10.9 Å². The zero-order valence-electron chi connectivity index (χ0n) is 11.1. The lowest BCUT2D eigenvalue weighted by Crippen LogP contribution is -2.08. The summed E-state index contributed by atoms with van der Waals surface area (Å²) in [4.78, 5) is 16.1. The highest BCUT2D eigenvalue weighted by molar-refractivity contribution is 7.20. The van der Waals surface area contributed by atoms with Crippen molar-refractivity contribution in [3.8, 4) is 0 Å². The van der Waals surface area contributed by atoms with Crippen molar-refractivity contribution < 1.29 is 4.79 Å². The summed E-state index contributed by atoms with van der Waals surface area (Å²) in [5.74, 6) is -0.382. The van der Waals surface area contributed by atoms with Crippen molar-refractivity contribution in [3.05, 3.63) is 64.3 Å². The standard InChI is InChI=1S/C16H14N2OS/c1-10-2-4-11(5-3-10)6-12-8-18-9-15-13(12)7-14(20-15)16(17)19/h2-5,7-9H,6H2,1H3,(H2,17,19). The number of amides is 1. The van der Waals surface area contributed by atoms with Gasteiger partial charge in [0, 0.05) is 12.4 Å². The molecule has 100 valence electrons. The highest BCUT2D eigenvalue weighted by Gasteiger charge is 2.10. The third-order valence-electron chi connectivity index (χ3n) is 3.29. The smallest absolute Gasteiger partial charge is 0.258 e. The number of primary amides is 1. The average molecular weight is 282 g/mol. The Labute approximate surface area is 121 Å². The Hall–Kier alpha value is -2.20. The van der Waals surface area contributed by atoms with Crippen LogP contribution in [0.4, 0.5) is 0 Å². The van der Waals surface area contributed by atoms with Crippen molar-refractivity contribution in [2.24, 2.45) is 5.73 Å². The minimum atomic E-state index is -0.382. The molecule has 4 heteroatoms. The maximum Gasteiger partial charge on any atom is 0.258 e. The highest BCUT2D eigenvalue weighted by atomic mass is 32.1. The van der Waals surface area contributed by atoms with Gasteiger partial charge < -0.3 is 5.73 Å². The zero-order valence-corrected chi connectivity index (χ0v) is 11.9. The van der Waals surface area contributed by atoms with Crippen LogP contribution < -0.4 is 5.73 Å². The van der Waals surface area contributed by atoms with E-state index in [0.29, 0.717) is 4.88 Å². The van der Waals surface area contributed by atoms with Gasteiger partial charge in [-0.15, -0.1) is 11.3 Å². The lowest BCUT2D eigenvalue weighted by atomic mass is 10.0. The number of nitrogens with zero attached hydrogens (tertiary/aromatic N) is 1. The number of thiophene rings is 1. The van der Waals surface area contributed by atoms with Crippen molar-refractivity contribution in [3.63, 3.8) is 0 Å². The molecule has 3 rings (SSSR count). The number of aryl methyl sites for hydroxylation is 1. The fourth-order valence-electron chi connectivity index (χ4n) is 2.20. The molecule has 0 aliphatic heterocycles. The third-order valence-corrected chi connectivity index (χ3v) is 4.37. The predicted octanol–water partition coefficient (Wildman–Crippen LogP) is 3.29. The van der Waals surface area contributed by atoms with Crippen LogP contribution in [0, 0.1) is 6.92 Å². The number of carbonyl (C=O) groups excluding carboxylic acids is 1. The molecule has 0 saturated heterocycles. The molecule has 0 saturated carbocycles. The highest BCUT2D eigenvalue weighted by Crippen LogP contribution is 2.28. The summed E-state index contributed by atoms with van der Waals surface area (Å²) in [6.45, 7) is 2.07. The van der Waals surface area contributed by atoms with Crippen LogP contribution in [0.25, 0.3) is 10.1 Å². The van der Waals surface area contributed by atoms with E-state index in [2.05, 4.69) is 36.2 Å². The minimum Gasteiger partial charge on any atom is -0.365 e. The first-order chi connectivity index (χ1) is 9.63. The van der Waals surface area contributed by atoms with E-state index in [1.165, 1.54) is 22.5 Å². The van der Waals surface area contributed by atoms with E-state index in [0.717, 1.165) is 22.1 Å². The Morgan fingerprint density at radius 1 is 1.25 bits per heavy atom. The number of nitrogens with two attached hydrogens (primary N) is 1. The van der Waals surface area contributed by atoms with Gasteiger partial charge in [0.1, 0.15) is 0 Å². The lowest BCUT2D eigenvalue weighted by molar-refractivity contribution is 0.100. The molecule has 0 atom stereocenters. The van der Waals surface area contributed by atoms with Gasteiger partial charge in [-0.2, -0.15) is 0 Å². The summed E-state index contributed by atoms with van der Waals surface area (Å²) < 4.78 is 1.00. The molecule has 1 amide bonds. The van der Waals surface area contributed by atoms with Crippen molar-refractivity contribution in [1.82, 2.24) is 4.98 Å². The molecule has 0 unspecified atom stereocenters. The fourth-order valence-corrected chi connectivity index (χ4v) is 3.13. The van der Waals surface area contributed by atoms with Crippen LogP contribution in [-0.2, 0) is 6.42 Å². The molecule has 1 aromatic carbocycles. The van der Waals surface area contributed by atoms with Gasteiger partial charge in [-0.05, 0) is 35.9 Å². The van der Waals surface area contributed by atoms with Gasteiger partial charge in [-0.1, -0.05) is 29.8 Å². The molecule has 2 aromatic heterocycles. The van der Waals surface area contributed by atoms with Gasteiger partial charge in [-0.3, -0.25) is 9.78 Å². The molecule has 0 bridgehead atoms. The van der Waals surface area contributed by atoms with Gasteiger partial charge in [0.05, 0.1) is 9.58 Å². The van der Waals surface area contributed by atoms with Crippen molar-refractivity contribution >= 4 is 27.3 Å². The van der Waals surface area contributed by atoms with Crippen LogP contribution in [0.1, 0.15) is 26.4 Å². The Bertz CT molecular complexity index is 775. The first-order valence-electron chi connectivity index (χ1n) is 6.35. The summed E-state index contributed by atoms with van der Waals surface area (Å²) in [5, 5.41) is 1.07. The number of rotatable bonds is 3. The molecule has 0 fully saturated rings. The van der Waals surface area contributed by atoms with E-state index in [1.807, 2.05) is 12.3 Å². The summed E-state index contributed by atoms with van der Waals surface area (Å²) in [7, 11) is 0. The largest absolute Gasteiger partial charge is 0.365 e. The van der Waals surface area contributed by atoms with Crippen LogP contribution in [0.3, 0.4) is 0 Å². The lowest BCUT2D eigenvalue weighted by Gasteiger charge is -2.03. The summed E-state index contributed by atoms with van der Waals surface area (Å²) in [6, 6.07) is 10.3. The molecule has 2 heterocycles. The van der Waals surface area contributed by atoms with E-state index in [-0.39, 0.29) is 5.91 Å². The topological polar surface area (TPSA) is 56.0 Å². The first-order valence-corrected chi connectivity index (χ1v) is 7.17. The van der Waals surface area contributed by atoms with Crippen LogP contribution in [0.2, 0.25) is 0 Å². The van der Waals surface area contributed by atoms with Crippen LogP contribution in [0.15, 0.2) is 42.7 Å². The maximum absolute atomic E-state index is 11.3. The monoisotopic (exact) mass is 282 g/mol. The second kappa shape index (κ2) is 5.06. The van der Waals surface area contributed by atoms with Gasteiger partial charge in [0.2, 0.25) is 0 Å². The van der Waals surface area contributed by atoms with E-state index in [1.54, 1.807) is 6.20 Å². The number of pyridine rings is 1. The molecular formula is C16H14N2OS. The van der Waals surface area contributed by atoms with E-state index in [9.17, 15) is 4.79 Å². The SMILES string of the molecule is Cc1ccc(Cc2cncc3sc(C(N)=O)cc23)cc1. The van der Waals surface area contributed by atoms with Crippen molar-refractivity contribution in [2.45, 2.75) is 13.3 Å². The molecule has 2 N–H and O–H groups in total. The first kappa shape index (κ1) is 12.8. The van der Waals surface area contributed by atoms with Crippen molar-refractivity contribution in [2.75, 3.05) is 0 Å². The zero-order chi connectivity index (χ0) is 14.1. The van der Waals surface area contributed by atoms with E-state index in [4.69, 9.17) is 5.73 Å². The van der Waals surface area contributed by atoms with Gasteiger partial charge in [0.15, 0.2) is 0 Å². The van der Waals surface area contributed by atoms with Gasteiger partial charge >= 0.3 is 0 Å². The Kier molecular flexibility index (Phi) is 3.24. The third kappa shape index (κ3) is 2.42. The van der Waals surface area contributed by atoms with Gasteiger partial charge in [-0.25, -0.2) is 0 Å². The fraction of sp³-hybridized carbons (Fsp3) is 0.125. The number of benzene rings is 1. The second-order valence-corrected chi connectivity index (χ2v) is 5.93. The van der Waals surface area contributed by atoms with Crippen molar-refractivity contribution in [1.29, 1.82) is 0 Å². The Morgan fingerprint density at radius 2 is 2.00 bits per heavy atom. The summed E-state index contributed by atoms with van der Waals surface area (Å²) >= 11 is 1.40. The molecule has 20 heavy (non-hydrogen) atoms. The molecule has 3 nitrogen and oxygen atoms in total. The molecule has 0 spiro atoms. The summed E-state index contributed by atoms with van der Waals surface area (Å²) in [5.41, 5.74) is 8.95. The molecule has 0 radical (unpaired) electrons. The Morgan fingerprint density at radius 3 is 2.70 bits per heavy atom. The molecular weight excluding hydrogens is 268 g/mol. The average Bonchev–Trinajstić information content (AvgIpc) is 2.87. The van der Waals surface area contributed by atoms with Gasteiger partial charge in [0.25, 0.3) is 5.91 Å². The molecule has 0 aliphatic carbocycles.